The number of benzene rings is 1. The summed E-state index contributed by atoms with van der Waals surface area (Å²) in [6, 6.07) is 2.88. The Balaban J connectivity index is 1.38. The summed E-state index contributed by atoms with van der Waals surface area (Å²) in [6.07, 6.45) is 6.39. The molecule has 13 heteroatoms. The standard InChI is InChI=1S/C27H37N5O7S/c1-38-22-14-20-21(15-23(22)39-2)29-27(30-26(20)28)31-10-8-19(9-11-31)32(16-40(35,36)37)24(33)12-18(13-25(32)34)17-6-4-3-5-7-17/h14-15,17-19H,3-13,16H2,1-2H3,(H2-,28,29,30,35,36,37)/p+1. The Morgan fingerprint density at radius 1 is 0.950 bits per heavy atom. The number of hydrogen-bond acceptors (Lipinski definition) is 10. The molecule has 5 rings (SSSR count). The predicted molar refractivity (Wildman–Crippen MR) is 148 cm³/mol. The lowest BCUT2D eigenvalue weighted by molar-refractivity contribution is -0.799. The van der Waals surface area contributed by atoms with E-state index in [1.165, 1.54) is 20.6 Å². The number of carbonyl (C=O) groups is 2. The number of hydrogen-bond donors (Lipinski definition) is 2. The van der Waals surface area contributed by atoms with Gasteiger partial charge in [-0.05, 0) is 17.9 Å². The van der Waals surface area contributed by atoms with Gasteiger partial charge in [0.2, 0.25) is 11.8 Å². The Morgan fingerprint density at radius 2 is 1.55 bits per heavy atom. The zero-order valence-corrected chi connectivity index (χ0v) is 23.9. The maximum absolute atomic E-state index is 13.7. The highest BCUT2D eigenvalue weighted by molar-refractivity contribution is 7.85. The van der Waals surface area contributed by atoms with Gasteiger partial charge in [-0.3, -0.25) is 4.55 Å². The number of rotatable bonds is 7. The number of ether oxygens (including phenoxy) is 2. The molecule has 12 nitrogen and oxygen atoms in total. The van der Waals surface area contributed by atoms with Crippen molar-refractivity contribution >= 4 is 44.6 Å². The molecule has 40 heavy (non-hydrogen) atoms. The molecule has 0 bridgehead atoms. The first-order chi connectivity index (χ1) is 19.1. The molecule has 2 aromatic rings. The normalized spacial score (nSPS) is 25.4. The summed E-state index contributed by atoms with van der Waals surface area (Å²) in [7, 11) is -1.53. The van der Waals surface area contributed by atoms with Gasteiger partial charge in [-0.2, -0.15) is 17.9 Å². The lowest BCUT2D eigenvalue weighted by atomic mass is 9.74. The second kappa shape index (κ2) is 11.1. The van der Waals surface area contributed by atoms with Crippen molar-refractivity contribution in [2.45, 2.75) is 63.8 Å². The molecule has 1 aromatic carbocycles. The van der Waals surface area contributed by atoms with Crippen LogP contribution in [0.25, 0.3) is 10.9 Å². The van der Waals surface area contributed by atoms with E-state index in [1.807, 2.05) is 4.90 Å². The van der Waals surface area contributed by atoms with Gasteiger partial charge in [0.05, 0.1) is 32.6 Å². The SMILES string of the molecule is COc1cc2nc(N3CCC([N+]4(CS(=O)(=O)O)C(=O)CC(C5CCCCC5)CC4=O)CC3)nc(N)c2cc1OC. The van der Waals surface area contributed by atoms with E-state index in [4.69, 9.17) is 15.2 Å². The third-order valence-electron chi connectivity index (χ3n) is 9.04. The highest BCUT2D eigenvalue weighted by Crippen LogP contribution is 2.41. The maximum atomic E-state index is 13.7. The summed E-state index contributed by atoms with van der Waals surface area (Å²) in [5, 5.41) is 0.617. The molecule has 3 fully saturated rings. The number of nitrogens with two attached hydrogens (primary N) is 1. The minimum atomic E-state index is -4.59. The molecule has 0 radical (unpaired) electrons. The zero-order valence-electron chi connectivity index (χ0n) is 23.0. The summed E-state index contributed by atoms with van der Waals surface area (Å²) in [6.45, 7) is 0.780. The molecule has 218 valence electrons. The molecule has 0 unspecified atom stereocenters. The lowest BCUT2D eigenvalue weighted by Crippen LogP contribution is -2.69. The molecular formula is C27H38N5O7S+. The first-order valence-corrected chi connectivity index (χ1v) is 15.5. The molecule has 1 saturated carbocycles. The number of imide groups is 1. The minimum absolute atomic E-state index is 0.0578. The van der Waals surface area contributed by atoms with Gasteiger partial charge in [-0.25, -0.2) is 14.6 Å². The first-order valence-electron chi connectivity index (χ1n) is 13.9. The van der Waals surface area contributed by atoms with E-state index in [9.17, 15) is 22.6 Å². The van der Waals surface area contributed by atoms with Crippen LogP contribution in [0.4, 0.5) is 11.8 Å². The molecule has 2 amide bonds. The van der Waals surface area contributed by atoms with Crippen LogP contribution in [0.5, 0.6) is 11.5 Å². The van der Waals surface area contributed by atoms with Gasteiger partial charge < -0.3 is 20.1 Å². The number of fused-ring (bicyclic) bond motifs is 1. The second-order valence-electron chi connectivity index (χ2n) is 11.3. The predicted octanol–water partition coefficient (Wildman–Crippen LogP) is 2.90. The van der Waals surface area contributed by atoms with Crippen LogP contribution >= 0.6 is 0 Å². The lowest BCUT2D eigenvalue weighted by Gasteiger charge is -2.46. The van der Waals surface area contributed by atoms with Crippen molar-refractivity contribution < 1.29 is 36.5 Å². The monoisotopic (exact) mass is 576 g/mol. The van der Waals surface area contributed by atoms with Gasteiger partial charge in [0.1, 0.15) is 11.9 Å². The zero-order chi connectivity index (χ0) is 28.7. The summed E-state index contributed by atoms with van der Waals surface area (Å²) < 4.78 is 44.0. The Hall–Kier alpha value is -3.03. The van der Waals surface area contributed by atoms with Gasteiger partial charge in [-0.1, -0.05) is 32.1 Å². The number of piperidine rings is 2. The number of nitrogens with zero attached hydrogens (tertiary/aromatic N) is 4. The van der Waals surface area contributed by atoms with Crippen LogP contribution in [0, 0.1) is 11.8 Å². The van der Waals surface area contributed by atoms with Crippen LogP contribution < -0.4 is 20.1 Å². The molecular weight excluding hydrogens is 538 g/mol. The van der Waals surface area contributed by atoms with E-state index in [0.717, 1.165) is 25.7 Å². The number of aromatic nitrogens is 2. The van der Waals surface area contributed by atoms with E-state index < -0.39 is 38.3 Å². The third-order valence-corrected chi connectivity index (χ3v) is 9.77. The number of quaternary nitrogens is 1. The highest BCUT2D eigenvalue weighted by Gasteiger charge is 2.58. The molecule has 0 spiro atoms. The molecule has 3 aliphatic rings. The van der Waals surface area contributed by atoms with Crippen molar-refractivity contribution in [3.63, 3.8) is 0 Å². The van der Waals surface area contributed by atoms with Crippen LogP contribution in [0.2, 0.25) is 0 Å². The summed E-state index contributed by atoms with van der Waals surface area (Å²) in [5.74, 6) is 0.233. The fourth-order valence-electron chi connectivity index (χ4n) is 6.95. The Bertz CT molecular complexity index is 1380. The van der Waals surface area contributed by atoms with Crippen molar-refractivity contribution in [2.75, 3.05) is 43.8 Å². The van der Waals surface area contributed by atoms with Crippen LogP contribution in [0.15, 0.2) is 12.1 Å². The van der Waals surface area contributed by atoms with Crippen molar-refractivity contribution in [3.05, 3.63) is 12.1 Å². The fourth-order valence-corrected chi connectivity index (χ4v) is 7.97. The van der Waals surface area contributed by atoms with Crippen molar-refractivity contribution in [1.29, 1.82) is 0 Å². The van der Waals surface area contributed by atoms with Crippen molar-refractivity contribution in [2.24, 2.45) is 11.8 Å². The number of amides is 2. The third kappa shape index (κ3) is 5.34. The first kappa shape index (κ1) is 28.5. The number of nitrogen functional groups attached to an aromatic ring is 1. The molecule has 3 N–H and O–H groups in total. The van der Waals surface area contributed by atoms with Crippen LogP contribution in [-0.4, -0.2) is 78.5 Å². The molecule has 2 saturated heterocycles. The number of methoxy groups -OCH3 is 2. The maximum Gasteiger partial charge on any atom is 0.322 e. The van der Waals surface area contributed by atoms with E-state index in [2.05, 4.69) is 9.97 Å². The van der Waals surface area contributed by atoms with Crippen LogP contribution in [0.3, 0.4) is 0 Å². The van der Waals surface area contributed by atoms with Gasteiger partial charge in [0.15, 0.2) is 11.5 Å². The largest absolute Gasteiger partial charge is 0.493 e. The average molecular weight is 577 g/mol. The summed E-state index contributed by atoms with van der Waals surface area (Å²) >= 11 is 0. The average Bonchev–Trinajstić information content (AvgIpc) is 2.94. The minimum Gasteiger partial charge on any atom is -0.493 e. The van der Waals surface area contributed by atoms with E-state index in [0.29, 0.717) is 60.2 Å². The van der Waals surface area contributed by atoms with Gasteiger partial charge in [0.25, 0.3) is 0 Å². The second-order valence-corrected chi connectivity index (χ2v) is 12.7. The Kier molecular flexibility index (Phi) is 7.90. The smallest absolute Gasteiger partial charge is 0.322 e. The van der Waals surface area contributed by atoms with Gasteiger partial charge >= 0.3 is 21.9 Å². The van der Waals surface area contributed by atoms with Gasteiger partial charge in [0, 0.05) is 37.4 Å². The highest BCUT2D eigenvalue weighted by atomic mass is 32.2. The molecule has 3 heterocycles. The fraction of sp³-hybridized carbons (Fsp3) is 0.630. The Morgan fingerprint density at radius 3 is 2.12 bits per heavy atom. The van der Waals surface area contributed by atoms with E-state index in [-0.39, 0.29) is 24.6 Å². The number of likely N-dealkylation sites (tertiary alicyclic amines) is 1. The molecule has 1 aliphatic carbocycles. The number of carbonyl (C=O) groups excluding carboxylic acids is 2. The Labute approximate surface area is 234 Å². The quantitative estimate of drug-likeness (QED) is 0.283. The van der Waals surface area contributed by atoms with E-state index in [1.54, 1.807) is 12.1 Å². The van der Waals surface area contributed by atoms with E-state index >= 15 is 0 Å². The topological polar surface area (TPSA) is 162 Å². The van der Waals surface area contributed by atoms with Crippen molar-refractivity contribution in [1.82, 2.24) is 9.97 Å². The summed E-state index contributed by atoms with van der Waals surface area (Å²) in [5.41, 5.74) is 6.84. The van der Waals surface area contributed by atoms with Gasteiger partial charge in [-0.15, -0.1) is 0 Å². The molecule has 1 aromatic heterocycles. The number of anilines is 2. The molecule has 2 aliphatic heterocycles. The van der Waals surface area contributed by atoms with Crippen molar-refractivity contribution in [3.8, 4) is 11.5 Å². The summed E-state index contributed by atoms with van der Waals surface area (Å²) in [4.78, 5) is 38.5. The molecule has 0 atom stereocenters. The van der Waals surface area contributed by atoms with Crippen LogP contribution in [0.1, 0.15) is 57.8 Å². The van der Waals surface area contributed by atoms with Crippen LogP contribution in [-0.2, 0) is 19.7 Å².